The van der Waals surface area contributed by atoms with Crippen LogP contribution < -0.4 is 10.1 Å². The Bertz CT molecular complexity index is 1220. The van der Waals surface area contributed by atoms with Crippen LogP contribution in [0.4, 0.5) is 5.95 Å². The lowest BCUT2D eigenvalue weighted by molar-refractivity contribution is -0.116. The number of ether oxygens (including phenoxy) is 1. The molecule has 2 aromatic heterocycles. The average Bonchev–Trinajstić information content (AvgIpc) is 3.32. The second kappa shape index (κ2) is 8.64. The summed E-state index contributed by atoms with van der Waals surface area (Å²) >= 11 is 7.40. The van der Waals surface area contributed by atoms with Crippen molar-refractivity contribution in [2.24, 2.45) is 0 Å². The number of nitrogens with one attached hydrogen (secondary N) is 1. The zero-order chi connectivity index (χ0) is 21.1. The van der Waals surface area contributed by atoms with Gasteiger partial charge in [-0.2, -0.15) is 4.98 Å². The second-order valence-corrected chi connectivity index (χ2v) is 7.71. The van der Waals surface area contributed by atoms with Gasteiger partial charge in [0, 0.05) is 28.8 Å². The normalized spacial score (nSPS) is 10.9. The smallest absolute Gasteiger partial charge is 0.250 e. The Morgan fingerprint density at radius 1 is 1.17 bits per heavy atom. The Kier molecular flexibility index (Phi) is 5.78. The Balaban J connectivity index is 1.42. The SMILES string of the molecule is COc1ccc(Cl)cc1C(=O)CCC(=O)Nc1nc2scc(-c3ccccc3)n2n1. The van der Waals surface area contributed by atoms with Gasteiger partial charge in [-0.1, -0.05) is 41.9 Å². The summed E-state index contributed by atoms with van der Waals surface area (Å²) < 4.78 is 6.89. The van der Waals surface area contributed by atoms with Crippen molar-refractivity contribution in [2.45, 2.75) is 12.8 Å². The van der Waals surface area contributed by atoms with Gasteiger partial charge in [-0.15, -0.1) is 16.4 Å². The number of nitrogens with zero attached hydrogens (tertiary/aromatic N) is 3. The molecule has 0 bridgehead atoms. The zero-order valence-corrected chi connectivity index (χ0v) is 17.5. The maximum atomic E-state index is 12.5. The van der Waals surface area contributed by atoms with Crippen LogP contribution in [0.25, 0.3) is 16.2 Å². The molecule has 30 heavy (non-hydrogen) atoms. The van der Waals surface area contributed by atoms with E-state index in [4.69, 9.17) is 16.3 Å². The molecule has 0 atom stereocenters. The molecule has 1 N–H and O–H groups in total. The van der Waals surface area contributed by atoms with Crippen molar-refractivity contribution >= 4 is 45.5 Å². The minimum atomic E-state index is -0.344. The summed E-state index contributed by atoms with van der Waals surface area (Å²) in [4.78, 5) is 29.8. The van der Waals surface area contributed by atoms with Crippen molar-refractivity contribution < 1.29 is 14.3 Å². The number of fused-ring (bicyclic) bond motifs is 1. The van der Waals surface area contributed by atoms with Gasteiger partial charge in [-0.25, -0.2) is 4.52 Å². The maximum absolute atomic E-state index is 12.5. The summed E-state index contributed by atoms with van der Waals surface area (Å²) in [6.07, 6.45) is 0.00686. The Morgan fingerprint density at radius 2 is 1.97 bits per heavy atom. The molecule has 0 aliphatic rings. The molecule has 0 radical (unpaired) electrons. The number of thiazole rings is 1. The van der Waals surface area contributed by atoms with E-state index in [0.29, 0.717) is 21.3 Å². The fourth-order valence-electron chi connectivity index (χ4n) is 2.99. The predicted molar refractivity (Wildman–Crippen MR) is 116 cm³/mol. The first kappa shape index (κ1) is 20.1. The quantitative estimate of drug-likeness (QED) is 0.420. The zero-order valence-electron chi connectivity index (χ0n) is 16.0. The van der Waals surface area contributed by atoms with Crippen LogP contribution in [0, 0.1) is 0 Å². The van der Waals surface area contributed by atoms with Crippen LogP contribution >= 0.6 is 22.9 Å². The van der Waals surface area contributed by atoms with E-state index in [9.17, 15) is 9.59 Å². The molecule has 152 valence electrons. The van der Waals surface area contributed by atoms with Crippen LogP contribution in [-0.2, 0) is 4.79 Å². The third-order valence-corrected chi connectivity index (χ3v) is 5.49. The first-order chi connectivity index (χ1) is 14.5. The average molecular weight is 441 g/mol. The maximum Gasteiger partial charge on any atom is 0.250 e. The van der Waals surface area contributed by atoms with E-state index >= 15 is 0 Å². The Hall–Kier alpha value is -3.23. The van der Waals surface area contributed by atoms with Crippen LogP contribution in [0.5, 0.6) is 5.75 Å². The largest absolute Gasteiger partial charge is 0.496 e. The molecular formula is C21H17ClN4O3S. The van der Waals surface area contributed by atoms with Crippen molar-refractivity contribution in [3.63, 3.8) is 0 Å². The van der Waals surface area contributed by atoms with E-state index in [1.807, 2.05) is 35.7 Å². The molecule has 0 aliphatic heterocycles. The second-order valence-electron chi connectivity index (χ2n) is 6.43. The number of aromatic nitrogens is 3. The van der Waals surface area contributed by atoms with E-state index in [0.717, 1.165) is 11.3 Å². The van der Waals surface area contributed by atoms with Gasteiger partial charge in [0.2, 0.25) is 16.8 Å². The number of hydrogen-bond donors (Lipinski definition) is 1. The molecule has 7 nitrogen and oxygen atoms in total. The molecule has 9 heteroatoms. The molecule has 0 fully saturated rings. The minimum Gasteiger partial charge on any atom is -0.496 e. The summed E-state index contributed by atoms with van der Waals surface area (Å²) in [6, 6.07) is 14.6. The lowest BCUT2D eigenvalue weighted by atomic mass is 10.1. The van der Waals surface area contributed by atoms with Crippen LogP contribution in [0.2, 0.25) is 5.02 Å². The van der Waals surface area contributed by atoms with Crippen LogP contribution in [-0.4, -0.2) is 33.4 Å². The summed E-state index contributed by atoms with van der Waals surface area (Å²) in [7, 11) is 1.48. The molecule has 4 aromatic rings. The van der Waals surface area contributed by atoms with E-state index < -0.39 is 0 Å². The van der Waals surface area contributed by atoms with Crippen molar-refractivity contribution in [3.05, 3.63) is 64.5 Å². The molecule has 0 unspecified atom stereocenters. The van der Waals surface area contributed by atoms with Crippen molar-refractivity contribution in [1.82, 2.24) is 14.6 Å². The molecular weight excluding hydrogens is 424 g/mol. The molecule has 4 rings (SSSR count). The van der Waals surface area contributed by atoms with Gasteiger partial charge in [-0.05, 0) is 18.2 Å². The van der Waals surface area contributed by atoms with Gasteiger partial charge >= 0.3 is 0 Å². The molecule has 0 saturated heterocycles. The number of anilines is 1. The van der Waals surface area contributed by atoms with Gasteiger partial charge in [0.25, 0.3) is 0 Å². The number of ketones is 1. The Morgan fingerprint density at radius 3 is 2.73 bits per heavy atom. The van der Waals surface area contributed by atoms with E-state index in [1.54, 1.807) is 16.6 Å². The molecule has 2 aromatic carbocycles. The van der Waals surface area contributed by atoms with Crippen molar-refractivity contribution in [3.8, 4) is 17.0 Å². The summed E-state index contributed by atoms with van der Waals surface area (Å²) in [5.74, 6) is 0.0598. The van der Waals surface area contributed by atoms with Gasteiger partial charge in [0.1, 0.15) is 5.75 Å². The van der Waals surface area contributed by atoms with Crippen LogP contribution in [0.1, 0.15) is 23.2 Å². The van der Waals surface area contributed by atoms with Crippen LogP contribution in [0.3, 0.4) is 0 Å². The van der Waals surface area contributed by atoms with Gasteiger partial charge in [-0.3, -0.25) is 14.9 Å². The highest BCUT2D eigenvalue weighted by Crippen LogP contribution is 2.26. The lowest BCUT2D eigenvalue weighted by Gasteiger charge is -2.08. The summed E-state index contributed by atoms with van der Waals surface area (Å²) in [5.41, 5.74) is 2.25. The van der Waals surface area contributed by atoms with E-state index in [-0.39, 0.29) is 30.5 Å². The van der Waals surface area contributed by atoms with Gasteiger partial charge in [0.15, 0.2) is 5.78 Å². The summed E-state index contributed by atoms with van der Waals surface area (Å²) in [6.45, 7) is 0. The molecule has 0 saturated carbocycles. The van der Waals surface area contributed by atoms with E-state index in [1.165, 1.54) is 24.5 Å². The number of amides is 1. The summed E-state index contributed by atoms with van der Waals surface area (Å²) in [5, 5.41) is 9.43. The number of hydrogen-bond acceptors (Lipinski definition) is 6. The fraction of sp³-hybridized carbons (Fsp3) is 0.143. The standard InChI is InChI=1S/C21H17ClN4O3S/c1-29-18-9-7-14(22)11-15(18)17(27)8-10-19(28)23-20-24-21-26(25-20)16(12-30-21)13-5-3-2-4-6-13/h2-7,9,11-12H,8,10H2,1H3,(H,23,25,28). The molecule has 0 aliphatic carbocycles. The number of methoxy groups -OCH3 is 1. The van der Waals surface area contributed by atoms with Gasteiger partial charge in [0.05, 0.1) is 18.4 Å². The highest BCUT2D eigenvalue weighted by molar-refractivity contribution is 7.15. The van der Waals surface area contributed by atoms with Crippen molar-refractivity contribution in [2.75, 3.05) is 12.4 Å². The minimum absolute atomic E-state index is 0.00704. The number of carbonyl (C=O) groups excluding carboxylic acids is 2. The third-order valence-electron chi connectivity index (χ3n) is 4.44. The third kappa shape index (κ3) is 4.19. The topological polar surface area (TPSA) is 85.6 Å². The fourth-order valence-corrected chi connectivity index (χ4v) is 3.99. The number of rotatable bonds is 7. The van der Waals surface area contributed by atoms with Crippen molar-refractivity contribution in [1.29, 1.82) is 0 Å². The lowest BCUT2D eigenvalue weighted by Crippen LogP contribution is -2.15. The Labute approximate surface area is 181 Å². The number of halogens is 1. The number of benzene rings is 2. The molecule has 1 amide bonds. The molecule has 0 spiro atoms. The first-order valence-electron chi connectivity index (χ1n) is 9.11. The molecule has 2 heterocycles. The van der Waals surface area contributed by atoms with E-state index in [2.05, 4.69) is 15.4 Å². The highest BCUT2D eigenvalue weighted by atomic mass is 35.5. The first-order valence-corrected chi connectivity index (χ1v) is 10.4. The van der Waals surface area contributed by atoms with Crippen LogP contribution in [0.15, 0.2) is 53.9 Å². The van der Waals surface area contributed by atoms with Gasteiger partial charge < -0.3 is 4.74 Å². The number of carbonyl (C=O) groups is 2. The predicted octanol–water partition coefficient (Wildman–Crippen LogP) is 4.72. The number of Topliss-reactive ketones (excluding diaryl/α,β-unsaturated/α-hetero) is 1. The monoisotopic (exact) mass is 440 g/mol. The highest BCUT2D eigenvalue weighted by Gasteiger charge is 2.17.